The predicted molar refractivity (Wildman–Crippen MR) is 104 cm³/mol. The third kappa shape index (κ3) is 3.53. The number of fused-ring (bicyclic) bond motifs is 1. The van der Waals surface area contributed by atoms with Crippen LogP contribution in [0.4, 0.5) is 4.39 Å². The molecule has 2 aromatic rings. The third-order valence-electron chi connectivity index (χ3n) is 5.94. The number of aromatic nitrogens is 2. The molecular formula is C21H25FN4O3. The Kier molecular flexibility index (Phi) is 5.12. The molecule has 154 valence electrons. The summed E-state index contributed by atoms with van der Waals surface area (Å²) in [6.45, 7) is 4.97. The minimum atomic E-state index is -0.376. The van der Waals surface area contributed by atoms with Gasteiger partial charge < -0.3 is 15.4 Å². The van der Waals surface area contributed by atoms with E-state index in [1.165, 1.54) is 19.2 Å². The molecule has 29 heavy (non-hydrogen) atoms. The smallest absolute Gasteiger partial charge is 0.271 e. The highest BCUT2D eigenvalue weighted by atomic mass is 19.1. The van der Waals surface area contributed by atoms with Crippen LogP contribution in [0.3, 0.4) is 0 Å². The second kappa shape index (κ2) is 7.59. The fourth-order valence-electron chi connectivity index (χ4n) is 4.09. The predicted octanol–water partition coefficient (Wildman–Crippen LogP) is 2.06. The van der Waals surface area contributed by atoms with E-state index in [0.29, 0.717) is 48.3 Å². The molecule has 0 bridgehead atoms. The van der Waals surface area contributed by atoms with Crippen molar-refractivity contribution < 1.29 is 18.7 Å². The van der Waals surface area contributed by atoms with E-state index in [-0.39, 0.29) is 35.4 Å². The van der Waals surface area contributed by atoms with E-state index in [4.69, 9.17) is 4.74 Å². The van der Waals surface area contributed by atoms with Gasteiger partial charge in [-0.05, 0) is 30.5 Å². The quantitative estimate of drug-likeness (QED) is 0.777. The zero-order chi connectivity index (χ0) is 20.7. The van der Waals surface area contributed by atoms with Crippen LogP contribution in [0, 0.1) is 24.6 Å². The van der Waals surface area contributed by atoms with Crippen molar-refractivity contribution in [3.05, 3.63) is 52.6 Å². The molecule has 8 heteroatoms. The normalized spacial score (nSPS) is 23.4. The average Bonchev–Trinajstić information content (AvgIpc) is 3.10. The molecule has 2 aliphatic rings. The molecule has 1 aromatic heterocycles. The Labute approximate surface area is 168 Å². The summed E-state index contributed by atoms with van der Waals surface area (Å²) >= 11 is 0. The fourth-order valence-corrected chi connectivity index (χ4v) is 4.09. The topological polar surface area (TPSA) is 85.2 Å². The van der Waals surface area contributed by atoms with E-state index in [1.54, 1.807) is 17.7 Å². The van der Waals surface area contributed by atoms with Crippen LogP contribution in [0.15, 0.2) is 24.3 Å². The molecule has 1 saturated heterocycles. The van der Waals surface area contributed by atoms with E-state index in [9.17, 15) is 14.0 Å². The SMILES string of the molecule is CC[C@H](c1ccc(C)c(F)c1)n1nc(C(=O)NC)cc1C(=O)NC1[C@H]2COC[C@@H]12. The van der Waals surface area contributed by atoms with Crippen molar-refractivity contribution in [1.29, 1.82) is 0 Å². The van der Waals surface area contributed by atoms with Crippen molar-refractivity contribution >= 4 is 11.8 Å². The van der Waals surface area contributed by atoms with Crippen molar-refractivity contribution in [2.75, 3.05) is 20.3 Å². The minimum absolute atomic E-state index is 0.0972. The first kappa shape index (κ1) is 19.6. The number of aryl methyl sites for hydroxylation is 1. The van der Waals surface area contributed by atoms with E-state index in [1.807, 2.05) is 13.0 Å². The minimum Gasteiger partial charge on any atom is -0.381 e. The highest BCUT2D eigenvalue weighted by molar-refractivity contribution is 5.98. The van der Waals surface area contributed by atoms with Crippen LogP contribution in [0.1, 0.15) is 51.5 Å². The molecule has 1 aliphatic carbocycles. The molecule has 2 fully saturated rings. The molecule has 2 amide bonds. The largest absolute Gasteiger partial charge is 0.381 e. The lowest BCUT2D eigenvalue weighted by atomic mass is 10.0. The van der Waals surface area contributed by atoms with Gasteiger partial charge in [-0.25, -0.2) is 4.39 Å². The van der Waals surface area contributed by atoms with Gasteiger partial charge in [0.15, 0.2) is 5.69 Å². The van der Waals surface area contributed by atoms with Gasteiger partial charge in [-0.3, -0.25) is 14.3 Å². The summed E-state index contributed by atoms with van der Waals surface area (Å²) in [6, 6.07) is 6.23. The van der Waals surface area contributed by atoms with Gasteiger partial charge in [-0.1, -0.05) is 19.1 Å². The summed E-state index contributed by atoms with van der Waals surface area (Å²) in [6.07, 6.45) is 0.583. The lowest BCUT2D eigenvalue weighted by Crippen LogP contribution is -2.32. The van der Waals surface area contributed by atoms with Gasteiger partial charge in [0.05, 0.1) is 19.3 Å². The zero-order valence-corrected chi connectivity index (χ0v) is 16.7. The molecule has 1 unspecified atom stereocenters. The maximum atomic E-state index is 14.2. The Hall–Kier alpha value is -2.74. The Balaban J connectivity index is 1.68. The number of carbonyl (C=O) groups is 2. The van der Waals surface area contributed by atoms with Gasteiger partial charge >= 0.3 is 0 Å². The number of carbonyl (C=O) groups excluding carboxylic acids is 2. The van der Waals surface area contributed by atoms with Crippen molar-refractivity contribution in [2.24, 2.45) is 11.8 Å². The van der Waals surface area contributed by atoms with Crippen LogP contribution >= 0.6 is 0 Å². The molecule has 0 radical (unpaired) electrons. The van der Waals surface area contributed by atoms with Crippen LogP contribution in [0.25, 0.3) is 0 Å². The zero-order valence-electron chi connectivity index (χ0n) is 16.7. The summed E-state index contributed by atoms with van der Waals surface area (Å²) in [5, 5.41) is 9.98. The van der Waals surface area contributed by atoms with Gasteiger partial charge in [0.25, 0.3) is 11.8 Å². The van der Waals surface area contributed by atoms with Gasteiger partial charge in [0.1, 0.15) is 11.5 Å². The van der Waals surface area contributed by atoms with Crippen LogP contribution in [-0.4, -0.2) is 47.9 Å². The first-order valence-corrected chi connectivity index (χ1v) is 9.90. The highest BCUT2D eigenvalue weighted by Gasteiger charge is 2.55. The summed E-state index contributed by atoms with van der Waals surface area (Å²) in [7, 11) is 1.51. The first-order chi connectivity index (χ1) is 13.9. The molecule has 1 saturated carbocycles. The number of rotatable bonds is 6. The molecule has 2 N–H and O–H groups in total. The molecule has 0 spiro atoms. The van der Waals surface area contributed by atoms with Crippen LogP contribution in [0.5, 0.6) is 0 Å². The summed E-state index contributed by atoms with van der Waals surface area (Å²) in [5.74, 6) is -0.238. The Bertz CT molecular complexity index is 947. The molecule has 7 nitrogen and oxygen atoms in total. The Morgan fingerprint density at radius 3 is 2.62 bits per heavy atom. The number of ether oxygens (including phenoxy) is 1. The average molecular weight is 400 g/mol. The monoisotopic (exact) mass is 400 g/mol. The van der Waals surface area contributed by atoms with Crippen molar-refractivity contribution in [1.82, 2.24) is 20.4 Å². The summed E-state index contributed by atoms with van der Waals surface area (Å²) in [4.78, 5) is 25.2. The molecule has 2 heterocycles. The molecule has 4 atom stereocenters. The van der Waals surface area contributed by atoms with E-state index >= 15 is 0 Å². The van der Waals surface area contributed by atoms with Gasteiger partial charge in [-0.2, -0.15) is 5.10 Å². The van der Waals surface area contributed by atoms with Crippen molar-refractivity contribution in [3.8, 4) is 0 Å². The highest BCUT2D eigenvalue weighted by Crippen LogP contribution is 2.44. The lowest BCUT2D eigenvalue weighted by Gasteiger charge is -2.19. The second-order valence-electron chi connectivity index (χ2n) is 7.74. The van der Waals surface area contributed by atoms with Crippen LogP contribution in [-0.2, 0) is 4.74 Å². The van der Waals surface area contributed by atoms with E-state index in [2.05, 4.69) is 15.7 Å². The lowest BCUT2D eigenvalue weighted by molar-refractivity contribution is 0.0914. The first-order valence-electron chi connectivity index (χ1n) is 9.90. The Morgan fingerprint density at radius 2 is 2.00 bits per heavy atom. The molecular weight excluding hydrogens is 375 g/mol. The maximum Gasteiger partial charge on any atom is 0.271 e. The molecule has 4 rings (SSSR count). The molecule has 1 aliphatic heterocycles. The fraction of sp³-hybridized carbons (Fsp3) is 0.476. The van der Waals surface area contributed by atoms with Gasteiger partial charge in [-0.15, -0.1) is 0 Å². The van der Waals surface area contributed by atoms with Crippen molar-refractivity contribution in [3.63, 3.8) is 0 Å². The number of hydrogen-bond acceptors (Lipinski definition) is 4. The number of halogens is 1. The van der Waals surface area contributed by atoms with E-state index in [0.717, 1.165) is 0 Å². The van der Waals surface area contributed by atoms with Crippen molar-refractivity contribution in [2.45, 2.75) is 32.4 Å². The summed E-state index contributed by atoms with van der Waals surface area (Å²) in [5.41, 5.74) is 1.70. The van der Waals surface area contributed by atoms with E-state index < -0.39 is 0 Å². The van der Waals surface area contributed by atoms with Gasteiger partial charge in [0.2, 0.25) is 0 Å². The molecule has 1 aromatic carbocycles. The number of hydrogen-bond donors (Lipinski definition) is 2. The number of amides is 2. The standard InChI is InChI=1S/C21H25FN4O3/c1-4-17(12-6-5-11(2)15(22)7-12)26-18(8-16(25-26)20(27)23-3)21(28)24-19-13-9-29-10-14(13)19/h5-8,13-14,17,19H,4,9-10H2,1-3H3,(H,23,27)(H,24,28)/t13-,14+,17-,19?/m1/s1. The third-order valence-corrected chi connectivity index (χ3v) is 5.94. The van der Waals surface area contributed by atoms with Gasteiger partial charge in [0, 0.05) is 31.0 Å². The number of benzene rings is 1. The number of nitrogens with one attached hydrogen (secondary N) is 2. The Morgan fingerprint density at radius 1 is 1.28 bits per heavy atom. The maximum absolute atomic E-state index is 14.2. The summed E-state index contributed by atoms with van der Waals surface area (Å²) < 4.78 is 21.1. The number of nitrogens with zero attached hydrogens (tertiary/aromatic N) is 2. The second-order valence-corrected chi connectivity index (χ2v) is 7.74. The van der Waals surface area contributed by atoms with Crippen LogP contribution < -0.4 is 10.6 Å². The van der Waals surface area contributed by atoms with Crippen LogP contribution in [0.2, 0.25) is 0 Å².